The van der Waals surface area contributed by atoms with E-state index < -0.39 is 15.9 Å². The molecule has 1 aromatic rings. The van der Waals surface area contributed by atoms with Crippen LogP contribution in [0.5, 0.6) is 0 Å². The van der Waals surface area contributed by atoms with Gasteiger partial charge in [0.15, 0.2) is 0 Å². The van der Waals surface area contributed by atoms with Gasteiger partial charge in [-0.05, 0) is 34.5 Å². The Morgan fingerprint density at radius 2 is 2.00 bits per heavy atom. The molecule has 0 aliphatic carbocycles. The minimum absolute atomic E-state index is 0.0231. The first kappa shape index (κ1) is 15.1. The summed E-state index contributed by atoms with van der Waals surface area (Å²) in [7, 11) is -3.35. The lowest BCUT2D eigenvalue weighted by Gasteiger charge is -2.08. The maximum Gasteiger partial charge on any atom is 0.239 e. The zero-order chi connectivity index (χ0) is 13.6. The summed E-state index contributed by atoms with van der Waals surface area (Å²) in [6, 6.07) is 7.12. The lowest BCUT2D eigenvalue weighted by atomic mass is 10.3. The van der Waals surface area contributed by atoms with Gasteiger partial charge in [-0.25, -0.2) is 13.1 Å². The Labute approximate surface area is 115 Å². The molecule has 7 heteroatoms. The third kappa shape index (κ3) is 5.16. The van der Waals surface area contributed by atoms with Crippen LogP contribution in [-0.4, -0.2) is 26.6 Å². The van der Waals surface area contributed by atoms with Crippen molar-refractivity contribution < 1.29 is 13.2 Å². The molecule has 0 heterocycles. The number of anilines is 1. The van der Waals surface area contributed by atoms with Gasteiger partial charge in [0.2, 0.25) is 15.9 Å². The average Bonchev–Trinajstić information content (AvgIpc) is 2.30. The van der Waals surface area contributed by atoms with Crippen LogP contribution >= 0.6 is 15.9 Å². The highest BCUT2D eigenvalue weighted by Gasteiger charge is 2.11. The number of hydrogen-bond donors (Lipinski definition) is 2. The van der Waals surface area contributed by atoms with Crippen molar-refractivity contribution in [3.05, 3.63) is 28.7 Å². The number of rotatable bonds is 6. The van der Waals surface area contributed by atoms with Crippen molar-refractivity contribution >= 4 is 37.5 Å². The SMILES string of the molecule is CCCS(=O)(=O)NCC(=O)Nc1ccccc1Br. The molecule has 0 saturated carbocycles. The normalized spacial score (nSPS) is 11.2. The predicted molar refractivity (Wildman–Crippen MR) is 74.9 cm³/mol. The number of sulfonamides is 1. The van der Waals surface area contributed by atoms with Crippen LogP contribution in [0.25, 0.3) is 0 Å². The van der Waals surface area contributed by atoms with E-state index in [1.165, 1.54) is 0 Å². The minimum atomic E-state index is -3.35. The molecule has 100 valence electrons. The standard InChI is InChI=1S/C11H15BrN2O3S/c1-2-7-18(16,17)13-8-11(15)14-10-6-4-3-5-9(10)12/h3-6,13H,2,7-8H2,1H3,(H,14,15). The van der Waals surface area contributed by atoms with Crippen LogP contribution in [0.3, 0.4) is 0 Å². The molecule has 0 bridgehead atoms. The summed E-state index contributed by atoms with van der Waals surface area (Å²) in [4.78, 5) is 11.6. The van der Waals surface area contributed by atoms with Crippen LogP contribution in [0.2, 0.25) is 0 Å². The molecule has 0 saturated heterocycles. The van der Waals surface area contributed by atoms with E-state index in [0.717, 1.165) is 4.47 Å². The third-order valence-electron chi connectivity index (χ3n) is 2.07. The van der Waals surface area contributed by atoms with E-state index in [1.807, 2.05) is 6.07 Å². The number of nitrogens with one attached hydrogen (secondary N) is 2. The highest BCUT2D eigenvalue weighted by atomic mass is 79.9. The van der Waals surface area contributed by atoms with E-state index in [2.05, 4.69) is 26.0 Å². The van der Waals surface area contributed by atoms with E-state index in [4.69, 9.17) is 0 Å². The van der Waals surface area contributed by atoms with Gasteiger partial charge in [-0.3, -0.25) is 4.79 Å². The second-order valence-electron chi connectivity index (χ2n) is 3.67. The van der Waals surface area contributed by atoms with E-state index in [1.54, 1.807) is 25.1 Å². The Balaban J connectivity index is 2.51. The zero-order valence-corrected chi connectivity index (χ0v) is 12.3. The van der Waals surface area contributed by atoms with Crippen LogP contribution in [0, 0.1) is 0 Å². The summed E-state index contributed by atoms with van der Waals surface area (Å²) in [5.41, 5.74) is 0.609. The third-order valence-corrected chi connectivity index (χ3v) is 4.29. The van der Waals surface area contributed by atoms with Crippen LogP contribution in [-0.2, 0) is 14.8 Å². The fraction of sp³-hybridized carbons (Fsp3) is 0.364. The van der Waals surface area contributed by atoms with Crippen LogP contribution < -0.4 is 10.0 Å². The Morgan fingerprint density at radius 3 is 2.61 bits per heavy atom. The Morgan fingerprint density at radius 1 is 1.33 bits per heavy atom. The van der Waals surface area contributed by atoms with E-state index >= 15 is 0 Å². The molecule has 0 fully saturated rings. The molecule has 0 aliphatic rings. The van der Waals surface area contributed by atoms with Crippen LogP contribution in [0.4, 0.5) is 5.69 Å². The number of para-hydroxylation sites is 1. The molecule has 0 atom stereocenters. The highest BCUT2D eigenvalue weighted by Crippen LogP contribution is 2.20. The fourth-order valence-corrected chi connectivity index (χ4v) is 2.69. The summed E-state index contributed by atoms with van der Waals surface area (Å²) in [5.74, 6) is -0.378. The zero-order valence-electron chi connectivity index (χ0n) is 9.94. The molecule has 0 unspecified atom stereocenters. The maximum atomic E-state index is 11.6. The second-order valence-corrected chi connectivity index (χ2v) is 6.45. The Hall–Kier alpha value is -0.920. The molecule has 0 spiro atoms. The second kappa shape index (κ2) is 6.86. The van der Waals surface area contributed by atoms with Gasteiger partial charge in [0, 0.05) is 4.47 Å². The number of halogens is 1. The number of benzene rings is 1. The molecule has 1 aromatic carbocycles. The van der Waals surface area contributed by atoms with Gasteiger partial charge < -0.3 is 5.32 Å². The van der Waals surface area contributed by atoms with Gasteiger partial charge in [0.25, 0.3) is 0 Å². The van der Waals surface area contributed by atoms with Crippen molar-refractivity contribution in [1.82, 2.24) is 4.72 Å². The van der Waals surface area contributed by atoms with Gasteiger partial charge >= 0.3 is 0 Å². The fourth-order valence-electron chi connectivity index (χ4n) is 1.27. The van der Waals surface area contributed by atoms with Gasteiger partial charge in [0.05, 0.1) is 18.0 Å². The molecule has 2 N–H and O–H groups in total. The smallest absolute Gasteiger partial charge is 0.239 e. The number of amides is 1. The molecular weight excluding hydrogens is 320 g/mol. The first-order valence-electron chi connectivity index (χ1n) is 5.46. The van der Waals surface area contributed by atoms with Crippen LogP contribution in [0.1, 0.15) is 13.3 Å². The number of hydrogen-bond acceptors (Lipinski definition) is 3. The van der Waals surface area contributed by atoms with Crippen molar-refractivity contribution in [2.75, 3.05) is 17.6 Å². The first-order chi connectivity index (χ1) is 8.44. The van der Waals surface area contributed by atoms with E-state index in [-0.39, 0.29) is 12.3 Å². The van der Waals surface area contributed by atoms with Gasteiger partial charge in [-0.15, -0.1) is 0 Å². The van der Waals surface area contributed by atoms with Crippen molar-refractivity contribution in [3.8, 4) is 0 Å². The van der Waals surface area contributed by atoms with E-state index in [0.29, 0.717) is 12.1 Å². The van der Waals surface area contributed by atoms with Crippen molar-refractivity contribution in [2.45, 2.75) is 13.3 Å². The summed E-state index contributed by atoms with van der Waals surface area (Å²) >= 11 is 3.29. The largest absolute Gasteiger partial charge is 0.324 e. The van der Waals surface area contributed by atoms with Crippen molar-refractivity contribution in [3.63, 3.8) is 0 Å². The van der Waals surface area contributed by atoms with Crippen molar-refractivity contribution in [1.29, 1.82) is 0 Å². The molecule has 0 aromatic heterocycles. The summed E-state index contributed by atoms with van der Waals surface area (Å²) in [6.45, 7) is 1.50. The van der Waals surface area contributed by atoms with Crippen molar-refractivity contribution in [2.24, 2.45) is 0 Å². The Bertz CT molecular complexity index is 517. The number of carbonyl (C=O) groups excluding carboxylic acids is 1. The Kier molecular flexibility index (Phi) is 5.77. The monoisotopic (exact) mass is 334 g/mol. The minimum Gasteiger partial charge on any atom is -0.324 e. The predicted octanol–water partition coefficient (Wildman–Crippen LogP) is 1.72. The highest BCUT2D eigenvalue weighted by molar-refractivity contribution is 9.10. The molecule has 5 nitrogen and oxygen atoms in total. The van der Waals surface area contributed by atoms with Crippen LogP contribution in [0.15, 0.2) is 28.7 Å². The molecular formula is C11H15BrN2O3S. The van der Waals surface area contributed by atoms with Gasteiger partial charge in [-0.2, -0.15) is 0 Å². The summed E-state index contributed by atoms with van der Waals surface area (Å²) < 4.78 is 25.7. The number of carbonyl (C=O) groups is 1. The average molecular weight is 335 g/mol. The molecule has 0 radical (unpaired) electrons. The summed E-state index contributed by atoms with van der Waals surface area (Å²) in [6.07, 6.45) is 0.515. The molecule has 0 aliphatic heterocycles. The topological polar surface area (TPSA) is 75.3 Å². The molecule has 1 amide bonds. The van der Waals surface area contributed by atoms with Gasteiger partial charge in [0.1, 0.15) is 0 Å². The summed E-state index contributed by atoms with van der Waals surface area (Å²) in [5, 5.41) is 2.61. The first-order valence-corrected chi connectivity index (χ1v) is 7.91. The lowest BCUT2D eigenvalue weighted by molar-refractivity contribution is -0.115. The molecule has 18 heavy (non-hydrogen) atoms. The van der Waals surface area contributed by atoms with E-state index in [9.17, 15) is 13.2 Å². The maximum absolute atomic E-state index is 11.6. The molecule has 1 rings (SSSR count). The lowest BCUT2D eigenvalue weighted by Crippen LogP contribution is -2.34. The van der Waals surface area contributed by atoms with Gasteiger partial charge in [-0.1, -0.05) is 19.1 Å². The quantitative estimate of drug-likeness (QED) is 0.831.